The molecule has 0 aliphatic heterocycles. The summed E-state index contributed by atoms with van der Waals surface area (Å²) < 4.78 is 5.48. The highest BCUT2D eigenvalue weighted by Gasteiger charge is 2.14. The lowest BCUT2D eigenvalue weighted by Gasteiger charge is -2.15. The lowest BCUT2D eigenvalue weighted by atomic mass is 9.98. The van der Waals surface area contributed by atoms with E-state index in [-0.39, 0.29) is 0 Å². The van der Waals surface area contributed by atoms with Gasteiger partial charge in [0.15, 0.2) is 0 Å². The summed E-state index contributed by atoms with van der Waals surface area (Å²) in [5.74, 6) is 0.904. The van der Waals surface area contributed by atoms with E-state index in [0.717, 1.165) is 45.0 Å². The fourth-order valence-electron chi connectivity index (χ4n) is 3.30. The van der Waals surface area contributed by atoms with Crippen LogP contribution in [0, 0.1) is 13.8 Å². The summed E-state index contributed by atoms with van der Waals surface area (Å²) in [5.41, 5.74) is 6.85. The first-order valence-electron chi connectivity index (χ1n) is 8.94. The molecule has 0 saturated heterocycles. The van der Waals surface area contributed by atoms with Crippen molar-refractivity contribution in [2.24, 2.45) is 0 Å². The van der Waals surface area contributed by atoms with E-state index in [1.54, 1.807) is 7.11 Å². The van der Waals surface area contributed by atoms with Crippen LogP contribution in [-0.4, -0.2) is 17.2 Å². The Hall–Kier alpha value is -2.65. The van der Waals surface area contributed by atoms with Crippen LogP contribution in [0.3, 0.4) is 0 Å². The number of aliphatic hydroxyl groups excluding tert-OH is 1. The number of methoxy groups -OCH3 is 1. The van der Waals surface area contributed by atoms with Crippen molar-refractivity contribution in [3.05, 3.63) is 71.3 Å². The summed E-state index contributed by atoms with van der Waals surface area (Å²) in [6.07, 6.45) is 0.165. The van der Waals surface area contributed by atoms with Gasteiger partial charge in [-0.25, -0.2) is 4.98 Å². The number of hydrogen-bond acceptors (Lipinski definition) is 3. The Morgan fingerprint density at radius 3 is 2.04 bits per heavy atom. The second kappa shape index (κ2) is 7.71. The average Bonchev–Trinajstić information content (AvgIpc) is 2.67. The molecule has 0 bridgehead atoms. The molecule has 0 spiro atoms. The third-order valence-corrected chi connectivity index (χ3v) is 4.65. The molecule has 1 atom stereocenters. The SMILES string of the molecule is CC[C@@H](O)c1cc(-c2ccccc2)nc(-c2cc(C)c(OC)c(C)c2)c1. The van der Waals surface area contributed by atoms with Gasteiger partial charge in [0.25, 0.3) is 0 Å². The zero-order chi connectivity index (χ0) is 18.7. The molecule has 3 rings (SSSR count). The minimum Gasteiger partial charge on any atom is -0.496 e. The van der Waals surface area contributed by atoms with Crippen molar-refractivity contribution in [2.45, 2.75) is 33.3 Å². The maximum absolute atomic E-state index is 10.4. The molecule has 1 heterocycles. The van der Waals surface area contributed by atoms with Crippen molar-refractivity contribution in [2.75, 3.05) is 7.11 Å². The smallest absolute Gasteiger partial charge is 0.124 e. The molecule has 0 radical (unpaired) electrons. The minimum absolute atomic E-state index is 0.500. The van der Waals surface area contributed by atoms with Crippen molar-refractivity contribution in [3.63, 3.8) is 0 Å². The van der Waals surface area contributed by atoms with Crippen LogP contribution in [0.5, 0.6) is 5.75 Å². The van der Waals surface area contributed by atoms with Crippen molar-refractivity contribution < 1.29 is 9.84 Å². The maximum atomic E-state index is 10.4. The molecule has 0 fully saturated rings. The van der Waals surface area contributed by atoms with Gasteiger partial charge < -0.3 is 9.84 Å². The molecule has 3 nitrogen and oxygen atoms in total. The maximum Gasteiger partial charge on any atom is 0.124 e. The van der Waals surface area contributed by atoms with Crippen LogP contribution >= 0.6 is 0 Å². The van der Waals surface area contributed by atoms with Crippen molar-refractivity contribution >= 4 is 0 Å². The molecule has 2 aromatic carbocycles. The second-order valence-electron chi connectivity index (χ2n) is 6.60. The van der Waals surface area contributed by atoms with Crippen LogP contribution < -0.4 is 4.74 Å². The number of nitrogens with zero attached hydrogens (tertiary/aromatic N) is 1. The van der Waals surface area contributed by atoms with E-state index in [4.69, 9.17) is 9.72 Å². The fraction of sp³-hybridized carbons (Fsp3) is 0.261. The molecule has 0 unspecified atom stereocenters. The fourth-order valence-corrected chi connectivity index (χ4v) is 3.30. The minimum atomic E-state index is -0.500. The van der Waals surface area contributed by atoms with Crippen molar-refractivity contribution in [1.29, 1.82) is 0 Å². The van der Waals surface area contributed by atoms with E-state index in [1.807, 2.05) is 63.2 Å². The van der Waals surface area contributed by atoms with Gasteiger partial charge in [-0.15, -0.1) is 0 Å². The quantitative estimate of drug-likeness (QED) is 0.664. The standard InChI is InChI=1S/C23H25NO2/c1-5-22(25)19-13-20(17-9-7-6-8-10-17)24-21(14-19)18-11-15(2)23(26-4)16(3)12-18/h6-14,22,25H,5H2,1-4H3/t22-/m1/s1. The summed E-state index contributed by atoms with van der Waals surface area (Å²) >= 11 is 0. The molecule has 0 aliphatic rings. The van der Waals surface area contributed by atoms with E-state index < -0.39 is 6.10 Å². The van der Waals surface area contributed by atoms with Crippen LogP contribution in [0.25, 0.3) is 22.5 Å². The van der Waals surface area contributed by atoms with Gasteiger partial charge in [-0.05, 0) is 61.2 Å². The molecule has 0 saturated carbocycles. The first kappa shape index (κ1) is 18.2. The van der Waals surface area contributed by atoms with Crippen molar-refractivity contribution in [1.82, 2.24) is 4.98 Å². The highest BCUT2D eigenvalue weighted by atomic mass is 16.5. The number of aliphatic hydroxyl groups is 1. The Morgan fingerprint density at radius 2 is 1.50 bits per heavy atom. The summed E-state index contributed by atoms with van der Waals surface area (Å²) in [6, 6.07) is 18.2. The monoisotopic (exact) mass is 347 g/mol. The summed E-state index contributed by atoms with van der Waals surface area (Å²) in [4.78, 5) is 4.88. The number of rotatable bonds is 5. The van der Waals surface area contributed by atoms with E-state index in [9.17, 15) is 5.11 Å². The predicted octanol–water partition coefficient (Wildman–Crippen LogP) is 5.48. The van der Waals surface area contributed by atoms with E-state index in [2.05, 4.69) is 12.1 Å². The molecule has 0 aliphatic carbocycles. The first-order chi connectivity index (χ1) is 12.5. The number of hydrogen-bond donors (Lipinski definition) is 1. The van der Waals surface area contributed by atoms with E-state index in [1.165, 1.54) is 0 Å². The molecule has 1 aromatic heterocycles. The zero-order valence-corrected chi connectivity index (χ0v) is 15.8. The van der Waals surface area contributed by atoms with Gasteiger partial charge in [0.2, 0.25) is 0 Å². The summed E-state index contributed by atoms with van der Waals surface area (Å²) in [6.45, 7) is 6.06. The molecule has 26 heavy (non-hydrogen) atoms. The normalized spacial score (nSPS) is 12.0. The lowest BCUT2D eigenvalue weighted by Crippen LogP contribution is -2.00. The molecular formula is C23H25NO2. The number of ether oxygens (including phenoxy) is 1. The van der Waals surface area contributed by atoms with E-state index in [0.29, 0.717) is 6.42 Å². The highest BCUT2D eigenvalue weighted by Crippen LogP contribution is 2.32. The van der Waals surface area contributed by atoms with Gasteiger partial charge in [-0.3, -0.25) is 0 Å². The average molecular weight is 347 g/mol. The van der Waals surface area contributed by atoms with Crippen LogP contribution in [0.4, 0.5) is 0 Å². The molecule has 3 heteroatoms. The highest BCUT2D eigenvalue weighted by molar-refractivity contribution is 5.69. The topological polar surface area (TPSA) is 42.4 Å². The van der Waals surface area contributed by atoms with Gasteiger partial charge in [-0.1, -0.05) is 37.3 Å². The lowest BCUT2D eigenvalue weighted by molar-refractivity contribution is 0.173. The molecule has 0 amide bonds. The largest absolute Gasteiger partial charge is 0.496 e. The number of aromatic nitrogens is 1. The third-order valence-electron chi connectivity index (χ3n) is 4.65. The van der Waals surface area contributed by atoms with Crippen LogP contribution in [0.1, 0.15) is 36.1 Å². The molecule has 134 valence electrons. The first-order valence-corrected chi connectivity index (χ1v) is 8.94. The number of aryl methyl sites for hydroxylation is 2. The Morgan fingerprint density at radius 1 is 0.923 bits per heavy atom. The molecule has 1 N–H and O–H groups in total. The Labute approximate surface area is 155 Å². The van der Waals surface area contributed by atoms with Gasteiger partial charge in [0.1, 0.15) is 5.75 Å². The van der Waals surface area contributed by atoms with Gasteiger partial charge in [-0.2, -0.15) is 0 Å². The van der Waals surface area contributed by atoms with Gasteiger partial charge in [0, 0.05) is 11.1 Å². The number of benzene rings is 2. The second-order valence-corrected chi connectivity index (χ2v) is 6.60. The Bertz CT molecular complexity index is 880. The van der Waals surface area contributed by atoms with Crippen LogP contribution in [0.2, 0.25) is 0 Å². The Kier molecular flexibility index (Phi) is 5.38. The van der Waals surface area contributed by atoms with Crippen LogP contribution in [0.15, 0.2) is 54.6 Å². The molecular weight excluding hydrogens is 322 g/mol. The summed E-state index contributed by atoms with van der Waals surface area (Å²) in [5, 5.41) is 10.4. The zero-order valence-electron chi connectivity index (χ0n) is 15.8. The number of pyridine rings is 1. The predicted molar refractivity (Wildman–Crippen MR) is 106 cm³/mol. The van der Waals surface area contributed by atoms with Crippen LogP contribution in [-0.2, 0) is 0 Å². The third kappa shape index (κ3) is 3.63. The molecule has 3 aromatic rings. The summed E-state index contributed by atoms with van der Waals surface area (Å²) in [7, 11) is 1.69. The van der Waals surface area contributed by atoms with Gasteiger partial charge in [0.05, 0.1) is 24.6 Å². The van der Waals surface area contributed by atoms with E-state index >= 15 is 0 Å². The van der Waals surface area contributed by atoms with Gasteiger partial charge >= 0.3 is 0 Å². The van der Waals surface area contributed by atoms with Crippen molar-refractivity contribution in [3.8, 4) is 28.3 Å². The Balaban J connectivity index is 2.18.